The van der Waals surface area contributed by atoms with E-state index in [0.717, 1.165) is 23.0 Å². The van der Waals surface area contributed by atoms with Gasteiger partial charge in [-0.2, -0.15) is 0 Å². The zero-order valence-electron chi connectivity index (χ0n) is 12.3. The zero-order chi connectivity index (χ0) is 15.3. The van der Waals surface area contributed by atoms with E-state index in [1.165, 1.54) is 11.8 Å². The molecular weight excluding hydrogens is 340 g/mol. The molecule has 1 atom stereocenters. The Labute approximate surface area is 130 Å². The van der Waals surface area contributed by atoms with Crippen LogP contribution in [-0.2, 0) is 16.3 Å². The van der Waals surface area contributed by atoms with Crippen LogP contribution in [-0.4, -0.2) is 40.1 Å². The largest absolute Gasteiger partial charge is 0.374 e. The van der Waals surface area contributed by atoms with Crippen LogP contribution in [0.4, 0.5) is 5.69 Å². The molecule has 0 bridgehead atoms. The predicted molar refractivity (Wildman–Crippen MR) is 89.1 cm³/mol. The van der Waals surface area contributed by atoms with Gasteiger partial charge in [-0.15, -0.1) is 0 Å². The average molecular weight is 363 g/mol. The van der Waals surface area contributed by atoms with E-state index in [-0.39, 0.29) is 11.8 Å². The van der Waals surface area contributed by atoms with E-state index in [4.69, 9.17) is 5.73 Å². The van der Waals surface area contributed by atoms with E-state index in [1.807, 2.05) is 30.1 Å². The van der Waals surface area contributed by atoms with Crippen molar-refractivity contribution in [3.63, 3.8) is 0 Å². The highest BCUT2D eigenvalue weighted by atomic mass is 79.9. The van der Waals surface area contributed by atoms with Crippen molar-refractivity contribution in [1.82, 2.24) is 0 Å². The Bertz CT molecular complexity index is 546. The first-order valence-electron chi connectivity index (χ1n) is 6.65. The summed E-state index contributed by atoms with van der Waals surface area (Å²) in [6.07, 6.45) is 3.04. The van der Waals surface area contributed by atoms with Crippen molar-refractivity contribution in [2.45, 2.75) is 25.8 Å². The first kappa shape index (κ1) is 17.5. The molecular formula is C14H23BrN2O2S. The molecule has 2 N–H and O–H groups in total. The van der Waals surface area contributed by atoms with E-state index in [1.54, 1.807) is 0 Å². The standard InChI is InChI=1S/C14H23BrN2O2S/c1-4-12(16)9-11-5-6-13(10-14(11)15)17(2)7-8-20(3,18)19/h5-6,10,12H,4,7-9,16H2,1-3H3. The fourth-order valence-corrected chi connectivity index (χ4v) is 2.93. The second-order valence-corrected chi connectivity index (χ2v) is 8.31. The Morgan fingerprint density at radius 2 is 2.05 bits per heavy atom. The first-order chi connectivity index (χ1) is 9.23. The lowest BCUT2D eigenvalue weighted by Gasteiger charge is -2.20. The van der Waals surface area contributed by atoms with E-state index in [2.05, 4.69) is 22.9 Å². The molecule has 0 amide bonds. The van der Waals surface area contributed by atoms with Gasteiger partial charge in [0.05, 0.1) is 5.75 Å². The Kier molecular flexibility index (Phi) is 6.48. The maximum atomic E-state index is 11.2. The molecule has 20 heavy (non-hydrogen) atoms. The summed E-state index contributed by atoms with van der Waals surface area (Å²) in [5.74, 6) is 0.156. The number of nitrogens with two attached hydrogens (primary N) is 1. The molecule has 0 aliphatic rings. The van der Waals surface area contributed by atoms with Crippen LogP contribution < -0.4 is 10.6 Å². The lowest BCUT2D eigenvalue weighted by molar-refractivity contribution is 0.601. The van der Waals surface area contributed by atoms with E-state index in [0.29, 0.717) is 6.54 Å². The fourth-order valence-electron chi connectivity index (χ4n) is 1.80. The Hall–Kier alpha value is -0.590. The summed E-state index contributed by atoms with van der Waals surface area (Å²) in [4.78, 5) is 1.94. The van der Waals surface area contributed by atoms with Crippen molar-refractivity contribution in [2.24, 2.45) is 5.73 Å². The highest BCUT2D eigenvalue weighted by molar-refractivity contribution is 9.10. The quantitative estimate of drug-likeness (QED) is 0.807. The van der Waals surface area contributed by atoms with Crippen LogP contribution in [0.2, 0.25) is 0 Å². The molecule has 0 heterocycles. The van der Waals surface area contributed by atoms with Gasteiger partial charge in [-0.1, -0.05) is 28.9 Å². The van der Waals surface area contributed by atoms with Crippen molar-refractivity contribution in [1.29, 1.82) is 0 Å². The summed E-state index contributed by atoms with van der Waals surface area (Å²) in [5, 5.41) is 0. The van der Waals surface area contributed by atoms with Crippen LogP contribution in [0.5, 0.6) is 0 Å². The smallest absolute Gasteiger partial charge is 0.149 e. The van der Waals surface area contributed by atoms with Crippen LogP contribution in [0.3, 0.4) is 0 Å². The van der Waals surface area contributed by atoms with Crippen molar-refractivity contribution < 1.29 is 8.42 Å². The minimum atomic E-state index is -2.93. The molecule has 0 radical (unpaired) electrons. The molecule has 0 spiro atoms. The van der Waals surface area contributed by atoms with Gasteiger partial charge < -0.3 is 10.6 Å². The lowest BCUT2D eigenvalue weighted by Crippen LogP contribution is -2.25. The third kappa shape index (κ3) is 5.81. The van der Waals surface area contributed by atoms with Gasteiger partial charge in [-0.25, -0.2) is 8.42 Å². The lowest BCUT2D eigenvalue weighted by atomic mass is 10.0. The minimum Gasteiger partial charge on any atom is -0.374 e. The van der Waals surface area contributed by atoms with Gasteiger partial charge in [-0.05, 0) is 30.5 Å². The highest BCUT2D eigenvalue weighted by Gasteiger charge is 2.10. The summed E-state index contributed by atoms with van der Waals surface area (Å²) >= 11 is 3.56. The molecule has 0 aliphatic carbocycles. The maximum absolute atomic E-state index is 11.2. The molecule has 114 valence electrons. The average Bonchev–Trinajstić information content (AvgIpc) is 2.37. The van der Waals surface area contributed by atoms with Gasteiger partial charge in [0.2, 0.25) is 0 Å². The third-order valence-corrected chi connectivity index (χ3v) is 4.94. The van der Waals surface area contributed by atoms with Gasteiger partial charge in [0.1, 0.15) is 9.84 Å². The molecule has 0 fully saturated rings. The monoisotopic (exact) mass is 362 g/mol. The van der Waals surface area contributed by atoms with Crippen molar-refractivity contribution >= 4 is 31.5 Å². The van der Waals surface area contributed by atoms with Crippen LogP contribution in [0.15, 0.2) is 22.7 Å². The maximum Gasteiger partial charge on any atom is 0.149 e. The van der Waals surface area contributed by atoms with Crippen LogP contribution >= 0.6 is 15.9 Å². The van der Waals surface area contributed by atoms with E-state index < -0.39 is 9.84 Å². The molecule has 0 saturated carbocycles. The Morgan fingerprint density at radius 1 is 1.40 bits per heavy atom. The number of sulfone groups is 1. The van der Waals surface area contributed by atoms with Crippen molar-refractivity contribution in [2.75, 3.05) is 30.5 Å². The molecule has 0 saturated heterocycles. The molecule has 6 heteroatoms. The van der Waals surface area contributed by atoms with Gasteiger partial charge in [0.15, 0.2) is 0 Å². The first-order valence-corrected chi connectivity index (χ1v) is 9.51. The molecule has 0 aromatic heterocycles. The Morgan fingerprint density at radius 3 is 2.55 bits per heavy atom. The summed E-state index contributed by atoms with van der Waals surface area (Å²) in [5.41, 5.74) is 8.14. The summed E-state index contributed by atoms with van der Waals surface area (Å²) in [6.45, 7) is 2.56. The predicted octanol–water partition coefficient (Wildman–Crippen LogP) is 2.21. The van der Waals surface area contributed by atoms with Crippen molar-refractivity contribution in [3.05, 3.63) is 28.2 Å². The van der Waals surface area contributed by atoms with Crippen molar-refractivity contribution in [3.8, 4) is 0 Å². The number of hydrogen-bond donors (Lipinski definition) is 1. The normalized spacial score (nSPS) is 13.2. The topological polar surface area (TPSA) is 63.4 Å². The molecule has 4 nitrogen and oxygen atoms in total. The molecule has 1 unspecified atom stereocenters. The highest BCUT2D eigenvalue weighted by Crippen LogP contribution is 2.24. The third-order valence-electron chi connectivity index (χ3n) is 3.28. The molecule has 1 aromatic carbocycles. The number of benzene rings is 1. The Balaban J connectivity index is 2.76. The number of anilines is 1. The molecule has 1 rings (SSSR count). The zero-order valence-corrected chi connectivity index (χ0v) is 14.7. The summed E-state index contributed by atoms with van der Waals surface area (Å²) in [7, 11) is -1.04. The van der Waals surface area contributed by atoms with Crippen LogP contribution in [0.25, 0.3) is 0 Å². The van der Waals surface area contributed by atoms with Crippen LogP contribution in [0, 0.1) is 0 Å². The minimum absolute atomic E-state index is 0.156. The second-order valence-electron chi connectivity index (χ2n) is 5.20. The molecule has 1 aromatic rings. The number of nitrogens with zero attached hydrogens (tertiary/aromatic N) is 1. The van der Waals surface area contributed by atoms with Gasteiger partial charge in [0.25, 0.3) is 0 Å². The SMILES string of the molecule is CCC(N)Cc1ccc(N(C)CCS(C)(=O)=O)cc1Br. The summed E-state index contributed by atoms with van der Waals surface area (Å²) < 4.78 is 23.4. The van der Waals surface area contributed by atoms with E-state index in [9.17, 15) is 8.42 Å². The van der Waals surface area contributed by atoms with E-state index >= 15 is 0 Å². The number of halogens is 1. The number of rotatable bonds is 7. The fraction of sp³-hybridized carbons (Fsp3) is 0.571. The summed E-state index contributed by atoms with van der Waals surface area (Å²) in [6, 6.07) is 6.23. The van der Waals surface area contributed by atoms with Gasteiger partial charge in [-0.3, -0.25) is 0 Å². The van der Waals surface area contributed by atoms with Gasteiger partial charge >= 0.3 is 0 Å². The molecule has 0 aliphatic heterocycles. The second kappa shape index (κ2) is 7.43. The van der Waals surface area contributed by atoms with Gasteiger partial charge in [0, 0.05) is 36.1 Å². The van der Waals surface area contributed by atoms with Crippen LogP contribution in [0.1, 0.15) is 18.9 Å². The number of hydrogen-bond acceptors (Lipinski definition) is 4.